The molecule has 1 aromatic carbocycles. The maximum absolute atomic E-state index is 5.89. The number of hydrogen-bond donors (Lipinski definition) is 2. The molecule has 0 fully saturated rings. The number of benzene rings is 1. The summed E-state index contributed by atoms with van der Waals surface area (Å²) in [5.74, 6) is 0.233. The highest BCUT2D eigenvalue weighted by Gasteiger charge is 2.07. The molecule has 1 aromatic rings. The van der Waals surface area contributed by atoms with Gasteiger partial charge in [0.2, 0.25) is 0 Å². The lowest BCUT2D eigenvalue weighted by Crippen LogP contribution is -2.22. The summed E-state index contributed by atoms with van der Waals surface area (Å²) in [5.41, 5.74) is 5.97. The quantitative estimate of drug-likeness (QED) is 0.596. The number of guanidine groups is 1. The molecule has 6 heteroatoms. The summed E-state index contributed by atoms with van der Waals surface area (Å²) < 4.78 is 0. The van der Waals surface area contributed by atoms with Gasteiger partial charge < -0.3 is 11.1 Å². The van der Waals surface area contributed by atoms with Crippen LogP contribution in [0.4, 0.5) is 5.69 Å². The van der Waals surface area contributed by atoms with Crippen LogP contribution in [0.3, 0.4) is 0 Å². The molecule has 0 spiro atoms. The first-order chi connectivity index (χ1) is 6.54. The first-order valence-electron chi connectivity index (χ1n) is 3.68. The van der Waals surface area contributed by atoms with Crippen LogP contribution in [0.5, 0.6) is 0 Å². The van der Waals surface area contributed by atoms with Gasteiger partial charge in [-0.15, -0.1) is 0 Å². The van der Waals surface area contributed by atoms with E-state index in [1.807, 2.05) is 0 Å². The van der Waals surface area contributed by atoms with E-state index in [1.165, 1.54) is 0 Å². The fourth-order valence-corrected chi connectivity index (χ4v) is 1.76. The summed E-state index contributed by atoms with van der Waals surface area (Å²) in [6, 6.07) is 3.14. The average Bonchev–Trinajstić information content (AvgIpc) is 2.10. The number of rotatable bonds is 1. The molecule has 0 amide bonds. The van der Waals surface area contributed by atoms with Crippen molar-refractivity contribution < 1.29 is 0 Å². The first-order valence-corrected chi connectivity index (χ1v) is 4.82. The van der Waals surface area contributed by atoms with Gasteiger partial charge in [-0.2, -0.15) is 0 Å². The molecule has 0 unspecified atom stereocenters. The van der Waals surface area contributed by atoms with Gasteiger partial charge in [-0.3, -0.25) is 4.99 Å². The van der Waals surface area contributed by atoms with Crippen LogP contribution in [0.15, 0.2) is 17.1 Å². The number of nitrogens with two attached hydrogens (primary N) is 1. The molecule has 14 heavy (non-hydrogen) atoms. The number of aliphatic imine (C=N–C) groups is 1. The van der Waals surface area contributed by atoms with E-state index in [9.17, 15) is 0 Å². The van der Waals surface area contributed by atoms with Crippen LogP contribution < -0.4 is 11.1 Å². The summed E-state index contributed by atoms with van der Waals surface area (Å²) in [7, 11) is 1.56. The lowest BCUT2D eigenvalue weighted by Gasteiger charge is -2.09. The Morgan fingerprint density at radius 2 is 1.79 bits per heavy atom. The molecule has 0 atom stereocenters. The van der Waals surface area contributed by atoms with Crippen LogP contribution in [0.2, 0.25) is 15.1 Å². The van der Waals surface area contributed by atoms with Crippen molar-refractivity contribution in [3.05, 3.63) is 27.2 Å². The third-order valence-corrected chi connectivity index (χ3v) is 2.32. The largest absolute Gasteiger partial charge is 0.370 e. The zero-order chi connectivity index (χ0) is 10.7. The third kappa shape index (κ3) is 2.67. The van der Waals surface area contributed by atoms with Crippen molar-refractivity contribution in [3.8, 4) is 0 Å². The van der Waals surface area contributed by atoms with E-state index < -0.39 is 0 Å². The van der Waals surface area contributed by atoms with E-state index in [4.69, 9.17) is 40.5 Å². The van der Waals surface area contributed by atoms with Gasteiger partial charge >= 0.3 is 0 Å². The van der Waals surface area contributed by atoms with Crippen molar-refractivity contribution in [3.63, 3.8) is 0 Å². The van der Waals surface area contributed by atoms with E-state index in [0.717, 1.165) is 0 Å². The standard InChI is InChI=1S/C8H8Cl3N3/c1-13-8(12)14-7-5(10)2-4(9)3-6(7)11/h2-3H,1H3,(H3,12,13,14). The molecule has 3 N–H and O–H groups in total. The first kappa shape index (κ1) is 11.4. The Morgan fingerprint density at radius 3 is 2.21 bits per heavy atom. The predicted molar refractivity (Wildman–Crippen MR) is 62.6 cm³/mol. The summed E-state index contributed by atoms with van der Waals surface area (Å²) in [4.78, 5) is 3.72. The van der Waals surface area contributed by atoms with Crippen LogP contribution >= 0.6 is 34.8 Å². The second kappa shape index (κ2) is 4.73. The van der Waals surface area contributed by atoms with Crippen LogP contribution in [0.1, 0.15) is 0 Å². The van der Waals surface area contributed by atoms with Crippen LogP contribution in [-0.2, 0) is 0 Å². The molecule has 0 heterocycles. The highest BCUT2D eigenvalue weighted by atomic mass is 35.5. The smallest absolute Gasteiger partial charge is 0.192 e. The lowest BCUT2D eigenvalue weighted by molar-refractivity contribution is 1.38. The Balaban J connectivity index is 3.09. The van der Waals surface area contributed by atoms with Crippen molar-refractivity contribution in [2.24, 2.45) is 10.7 Å². The van der Waals surface area contributed by atoms with E-state index in [-0.39, 0.29) is 5.96 Å². The van der Waals surface area contributed by atoms with Gasteiger partial charge in [-0.25, -0.2) is 0 Å². The van der Waals surface area contributed by atoms with Crippen LogP contribution in [-0.4, -0.2) is 13.0 Å². The maximum Gasteiger partial charge on any atom is 0.192 e. The highest BCUT2D eigenvalue weighted by Crippen LogP contribution is 2.33. The molecule has 76 valence electrons. The normalized spacial score (nSPS) is 11.6. The van der Waals surface area contributed by atoms with Crippen LogP contribution in [0, 0.1) is 0 Å². The zero-order valence-corrected chi connectivity index (χ0v) is 9.58. The lowest BCUT2D eigenvalue weighted by atomic mass is 10.3. The molecule has 0 bridgehead atoms. The van der Waals surface area contributed by atoms with Crippen LogP contribution in [0.25, 0.3) is 0 Å². The van der Waals surface area contributed by atoms with Gasteiger partial charge in [-0.05, 0) is 12.1 Å². The van der Waals surface area contributed by atoms with Crippen molar-refractivity contribution in [2.75, 3.05) is 12.4 Å². The molecular weight excluding hydrogens is 244 g/mol. The number of hydrogen-bond acceptors (Lipinski definition) is 1. The molecule has 0 radical (unpaired) electrons. The van der Waals surface area contributed by atoms with Gasteiger partial charge in [0.05, 0.1) is 15.7 Å². The number of anilines is 1. The molecule has 0 aliphatic rings. The minimum Gasteiger partial charge on any atom is -0.370 e. The summed E-state index contributed by atoms with van der Waals surface area (Å²) in [6.07, 6.45) is 0. The van der Waals surface area contributed by atoms with E-state index in [1.54, 1.807) is 19.2 Å². The highest BCUT2D eigenvalue weighted by molar-refractivity contribution is 6.42. The average molecular weight is 253 g/mol. The SMILES string of the molecule is CN=C(N)Nc1c(Cl)cc(Cl)cc1Cl. The molecule has 1 rings (SSSR count). The van der Waals surface area contributed by atoms with Gasteiger partial charge in [0.15, 0.2) is 5.96 Å². The second-order valence-electron chi connectivity index (χ2n) is 2.48. The molecule has 0 saturated heterocycles. The maximum atomic E-state index is 5.89. The summed E-state index contributed by atoms with van der Waals surface area (Å²) in [6.45, 7) is 0. The van der Waals surface area contributed by atoms with E-state index >= 15 is 0 Å². The monoisotopic (exact) mass is 251 g/mol. The minimum atomic E-state index is 0.233. The third-order valence-electron chi connectivity index (χ3n) is 1.50. The molecule has 0 aromatic heterocycles. The fraction of sp³-hybridized carbons (Fsp3) is 0.125. The van der Waals surface area contributed by atoms with Crippen molar-refractivity contribution in [1.82, 2.24) is 0 Å². The van der Waals surface area contributed by atoms with Gasteiger partial charge in [-0.1, -0.05) is 34.8 Å². The van der Waals surface area contributed by atoms with E-state index in [2.05, 4.69) is 10.3 Å². The molecular formula is C8H8Cl3N3. The Kier molecular flexibility index (Phi) is 3.86. The number of nitrogens with one attached hydrogen (secondary N) is 1. The molecule has 0 aliphatic carbocycles. The Morgan fingerprint density at radius 1 is 1.29 bits per heavy atom. The second-order valence-corrected chi connectivity index (χ2v) is 3.73. The molecule has 0 aliphatic heterocycles. The fourth-order valence-electron chi connectivity index (χ4n) is 0.846. The van der Waals surface area contributed by atoms with Crippen molar-refractivity contribution in [2.45, 2.75) is 0 Å². The molecule has 0 saturated carbocycles. The van der Waals surface area contributed by atoms with Gasteiger partial charge in [0, 0.05) is 12.1 Å². The van der Waals surface area contributed by atoms with E-state index in [0.29, 0.717) is 20.8 Å². The van der Waals surface area contributed by atoms with Gasteiger partial charge in [0.1, 0.15) is 0 Å². The van der Waals surface area contributed by atoms with Crippen molar-refractivity contribution in [1.29, 1.82) is 0 Å². The Bertz CT molecular complexity index is 353. The van der Waals surface area contributed by atoms with Gasteiger partial charge in [0.25, 0.3) is 0 Å². The summed E-state index contributed by atoms with van der Waals surface area (Å²) in [5, 5.41) is 4.03. The minimum absolute atomic E-state index is 0.233. The van der Waals surface area contributed by atoms with Crippen molar-refractivity contribution >= 4 is 46.4 Å². The molecule has 3 nitrogen and oxygen atoms in total. The zero-order valence-electron chi connectivity index (χ0n) is 7.31. The number of halogens is 3. The Hall–Kier alpha value is -0.640. The Labute approximate surface area is 96.9 Å². The predicted octanol–water partition coefficient (Wildman–Crippen LogP) is 3.00. The number of nitrogens with zero attached hydrogens (tertiary/aromatic N) is 1. The topological polar surface area (TPSA) is 50.4 Å². The summed E-state index contributed by atoms with van der Waals surface area (Å²) >= 11 is 17.5.